The topological polar surface area (TPSA) is 29.5 Å². The number of aliphatic hydroxyl groups excluding tert-OH is 1. The summed E-state index contributed by atoms with van der Waals surface area (Å²) in [4.78, 5) is 0. The monoisotopic (exact) mass is 276 g/mol. The van der Waals surface area contributed by atoms with Gasteiger partial charge in [-0.05, 0) is 54.7 Å². The number of aryl methyl sites for hydroxylation is 1. The third-order valence-electron chi connectivity index (χ3n) is 4.41. The summed E-state index contributed by atoms with van der Waals surface area (Å²) in [5, 5.41) is 9.81. The number of benzene rings is 1. The molecule has 0 spiro atoms. The Hall–Kier alpha value is -1.02. The lowest BCUT2D eigenvalue weighted by Gasteiger charge is -2.21. The van der Waals surface area contributed by atoms with Gasteiger partial charge in [0.05, 0.1) is 12.7 Å². The Labute approximate surface area is 123 Å². The third kappa shape index (κ3) is 3.76. The van der Waals surface area contributed by atoms with Crippen molar-refractivity contribution < 1.29 is 9.84 Å². The Kier molecular flexibility index (Phi) is 4.74. The van der Waals surface area contributed by atoms with Crippen LogP contribution in [-0.2, 0) is 5.41 Å². The van der Waals surface area contributed by atoms with E-state index in [1.165, 1.54) is 11.1 Å². The minimum absolute atomic E-state index is 0.108. The molecule has 1 fully saturated rings. The quantitative estimate of drug-likeness (QED) is 0.892. The van der Waals surface area contributed by atoms with Gasteiger partial charge in [-0.2, -0.15) is 0 Å². The molecule has 2 rings (SSSR count). The van der Waals surface area contributed by atoms with Gasteiger partial charge in [0.1, 0.15) is 5.75 Å². The summed E-state index contributed by atoms with van der Waals surface area (Å²) >= 11 is 0. The highest BCUT2D eigenvalue weighted by atomic mass is 16.5. The average Bonchev–Trinajstić information content (AvgIpc) is 2.76. The molecule has 1 N–H and O–H groups in total. The van der Waals surface area contributed by atoms with Crippen molar-refractivity contribution in [1.29, 1.82) is 0 Å². The molecular weight excluding hydrogens is 248 g/mol. The van der Waals surface area contributed by atoms with Crippen LogP contribution in [0.1, 0.15) is 57.6 Å². The van der Waals surface area contributed by atoms with E-state index in [0.29, 0.717) is 12.5 Å². The molecule has 0 heterocycles. The van der Waals surface area contributed by atoms with Crippen LogP contribution in [0.2, 0.25) is 0 Å². The second kappa shape index (κ2) is 6.17. The van der Waals surface area contributed by atoms with E-state index in [9.17, 15) is 5.11 Å². The van der Waals surface area contributed by atoms with Crippen LogP contribution in [0.15, 0.2) is 18.2 Å². The summed E-state index contributed by atoms with van der Waals surface area (Å²) in [6, 6.07) is 6.47. The highest BCUT2D eigenvalue weighted by Gasteiger charge is 2.24. The fourth-order valence-electron chi connectivity index (χ4n) is 2.95. The molecule has 0 aliphatic heterocycles. The molecule has 1 aliphatic carbocycles. The van der Waals surface area contributed by atoms with Crippen molar-refractivity contribution in [2.75, 3.05) is 6.61 Å². The predicted molar refractivity (Wildman–Crippen MR) is 83.3 cm³/mol. The Morgan fingerprint density at radius 2 is 2.00 bits per heavy atom. The summed E-state index contributed by atoms with van der Waals surface area (Å²) in [5.74, 6) is 1.41. The van der Waals surface area contributed by atoms with Gasteiger partial charge >= 0.3 is 0 Å². The molecule has 1 aromatic carbocycles. The molecule has 2 heteroatoms. The molecule has 1 saturated carbocycles. The molecule has 2 unspecified atom stereocenters. The van der Waals surface area contributed by atoms with Gasteiger partial charge in [-0.25, -0.2) is 0 Å². The van der Waals surface area contributed by atoms with Gasteiger partial charge in [-0.15, -0.1) is 0 Å². The highest BCUT2D eigenvalue weighted by molar-refractivity contribution is 5.38. The molecule has 0 bridgehead atoms. The van der Waals surface area contributed by atoms with Gasteiger partial charge in [0.25, 0.3) is 0 Å². The first-order valence-corrected chi connectivity index (χ1v) is 7.80. The summed E-state index contributed by atoms with van der Waals surface area (Å²) in [7, 11) is 0. The Balaban J connectivity index is 1.90. The van der Waals surface area contributed by atoms with E-state index in [2.05, 4.69) is 45.9 Å². The van der Waals surface area contributed by atoms with Crippen molar-refractivity contribution in [3.8, 4) is 5.75 Å². The zero-order chi connectivity index (χ0) is 14.8. The number of rotatable bonds is 4. The molecule has 20 heavy (non-hydrogen) atoms. The van der Waals surface area contributed by atoms with E-state index in [1.807, 2.05) is 0 Å². The lowest BCUT2D eigenvalue weighted by molar-refractivity contribution is 0.116. The fraction of sp³-hybridized carbons (Fsp3) is 0.667. The summed E-state index contributed by atoms with van der Waals surface area (Å²) in [5.41, 5.74) is 2.72. The summed E-state index contributed by atoms with van der Waals surface area (Å²) in [6.07, 6.45) is 4.12. The molecule has 0 aromatic heterocycles. The SMILES string of the molecule is Cc1cc(C(C)(C)C)ccc1OCCC1CCCC1O. The lowest BCUT2D eigenvalue weighted by atomic mass is 9.86. The van der Waals surface area contributed by atoms with Gasteiger partial charge in [0.15, 0.2) is 0 Å². The number of aliphatic hydroxyl groups is 1. The minimum atomic E-state index is -0.108. The van der Waals surface area contributed by atoms with Crippen LogP contribution in [0.3, 0.4) is 0 Å². The van der Waals surface area contributed by atoms with Crippen molar-refractivity contribution in [1.82, 2.24) is 0 Å². The van der Waals surface area contributed by atoms with Gasteiger partial charge in [0.2, 0.25) is 0 Å². The molecule has 1 aliphatic rings. The molecule has 0 radical (unpaired) electrons. The molecule has 1 aromatic rings. The first-order valence-electron chi connectivity index (χ1n) is 7.80. The third-order valence-corrected chi connectivity index (χ3v) is 4.41. The van der Waals surface area contributed by atoms with E-state index in [1.54, 1.807) is 0 Å². The van der Waals surface area contributed by atoms with E-state index in [0.717, 1.165) is 31.4 Å². The number of hydrogen-bond donors (Lipinski definition) is 1. The molecular formula is C18H28O2. The highest BCUT2D eigenvalue weighted by Crippen LogP contribution is 2.30. The second-order valence-electron chi connectivity index (χ2n) is 7.13. The van der Waals surface area contributed by atoms with Crippen molar-refractivity contribution >= 4 is 0 Å². The smallest absolute Gasteiger partial charge is 0.122 e. The van der Waals surface area contributed by atoms with Crippen LogP contribution in [0.5, 0.6) is 5.75 Å². The van der Waals surface area contributed by atoms with Crippen molar-refractivity contribution in [2.45, 2.75) is 64.9 Å². The van der Waals surface area contributed by atoms with Crippen molar-refractivity contribution in [3.63, 3.8) is 0 Å². The van der Waals surface area contributed by atoms with Gasteiger partial charge in [-0.1, -0.05) is 39.3 Å². The van der Waals surface area contributed by atoms with Crippen LogP contribution in [0.4, 0.5) is 0 Å². The summed E-state index contributed by atoms with van der Waals surface area (Å²) < 4.78 is 5.90. The van der Waals surface area contributed by atoms with Crippen LogP contribution in [0, 0.1) is 12.8 Å². The fourth-order valence-corrected chi connectivity index (χ4v) is 2.95. The largest absolute Gasteiger partial charge is 0.493 e. The van der Waals surface area contributed by atoms with E-state index in [4.69, 9.17) is 4.74 Å². The zero-order valence-electron chi connectivity index (χ0n) is 13.3. The maximum absolute atomic E-state index is 9.81. The second-order valence-corrected chi connectivity index (χ2v) is 7.13. The van der Waals surface area contributed by atoms with Crippen molar-refractivity contribution in [3.05, 3.63) is 29.3 Å². The van der Waals surface area contributed by atoms with Crippen LogP contribution < -0.4 is 4.74 Å². The normalized spacial score (nSPS) is 23.1. The summed E-state index contributed by atoms with van der Waals surface area (Å²) in [6.45, 7) is 9.49. The molecule has 112 valence electrons. The Bertz CT molecular complexity index is 445. The first kappa shape index (κ1) is 15.4. The maximum atomic E-state index is 9.81. The molecule has 2 atom stereocenters. The van der Waals surface area contributed by atoms with Crippen molar-refractivity contribution in [2.24, 2.45) is 5.92 Å². The minimum Gasteiger partial charge on any atom is -0.493 e. The van der Waals surface area contributed by atoms with E-state index < -0.39 is 0 Å². The molecule has 2 nitrogen and oxygen atoms in total. The number of ether oxygens (including phenoxy) is 1. The Morgan fingerprint density at radius 3 is 2.55 bits per heavy atom. The van der Waals surface area contributed by atoms with E-state index in [-0.39, 0.29) is 11.5 Å². The van der Waals surface area contributed by atoms with E-state index >= 15 is 0 Å². The van der Waals surface area contributed by atoms with Gasteiger partial charge in [-0.3, -0.25) is 0 Å². The number of hydrogen-bond acceptors (Lipinski definition) is 2. The zero-order valence-corrected chi connectivity index (χ0v) is 13.3. The Morgan fingerprint density at radius 1 is 1.25 bits per heavy atom. The van der Waals surface area contributed by atoms with Gasteiger partial charge < -0.3 is 9.84 Å². The average molecular weight is 276 g/mol. The maximum Gasteiger partial charge on any atom is 0.122 e. The van der Waals surface area contributed by atoms with Crippen LogP contribution >= 0.6 is 0 Å². The molecule has 0 amide bonds. The standard InChI is InChI=1S/C18H28O2/c1-13-12-15(18(2,3)4)8-9-17(13)20-11-10-14-6-5-7-16(14)19/h8-9,12,14,16,19H,5-7,10-11H2,1-4H3. The van der Waals surface area contributed by atoms with Gasteiger partial charge in [0, 0.05) is 0 Å². The predicted octanol–water partition coefficient (Wildman–Crippen LogP) is 4.22. The lowest BCUT2D eigenvalue weighted by Crippen LogP contribution is -2.16. The first-order chi connectivity index (χ1) is 9.38. The van der Waals surface area contributed by atoms with Crippen LogP contribution in [-0.4, -0.2) is 17.8 Å². The van der Waals surface area contributed by atoms with Crippen LogP contribution in [0.25, 0.3) is 0 Å². The molecule has 0 saturated heterocycles.